The molecule has 12 heavy (non-hydrogen) atoms. The molecule has 0 unspecified atom stereocenters. The Morgan fingerprint density at radius 2 is 2.08 bits per heavy atom. The lowest BCUT2D eigenvalue weighted by atomic mass is 9.98. The normalized spacial score (nSPS) is 36.9. The third-order valence-corrected chi connectivity index (χ3v) is 3.53. The molecule has 2 aliphatic carbocycles. The third-order valence-electron chi connectivity index (χ3n) is 3.53. The monoisotopic (exact) mass is 159 g/mol. The fourth-order valence-electron chi connectivity index (χ4n) is 2.65. The number of hydrogen-bond acceptors (Lipinski definition) is 1. The van der Waals surface area contributed by atoms with Gasteiger partial charge in [0.05, 0.1) is 0 Å². The maximum Gasteiger partial charge on any atom is 0.0146 e. The Morgan fingerprint density at radius 1 is 1.33 bits per heavy atom. The van der Waals surface area contributed by atoms with Gasteiger partial charge in [0.15, 0.2) is 0 Å². The molecule has 1 spiro atoms. The summed E-state index contributed by atoms with van der Waals surface area (Å²) >= 11 is 0. The van der Waals surface area contributed by atoms with E-state index in [0.29, 0.717) is 11.5 Å². The molecule has 0 saturated heterocycles. The van der Waals surface area contributed by atoms with Gasteiger partial charge in [0.1, 0.15) is 0 Å². The van der Waals surface area contributed by atoms with Crippen molar-refractivity contribution in [1.82, 2.24) is 0 Å². The molecule has 0 heterocycles. The lowest BCUT2D eigenvalue weighted by Crippen LogP contribution is -2.14. The molecule has 2 N–H and O–H groups in total. The van der Waals surface area contributed by atoms with Crippen molar-refractivity contribution < 1.29 is 0 Å². The summed E-state index contributed by atoms with van der Waals surface area (Å²) in [5.41, 5.74) is 9.46. The zero-order chi connectivity index (χ0) is 8.18. The summed E-state index contributed by atoms with van der Waals surface area (Å²) in [6.07, 6.45) is 3.74. The van der Waals surface area contributed by atoms with Crippen molar-refractivity contribution in [3.8, 4) is 0 Å². The van der Waals surface area contributed by atoms with E-state index < -0.39 is 0 Å². The van der Waals surface area contributed by atoms with E-state index in [1.165, 1.54) is 30.4 Å². The fraction of sp³-hybridized carbons (Fsp3) is 0.455. The highest BCUT2D eigenvalue weighted by Crippen LogP contribution is 2.55. The summed E-state index contributed by atoms with van der Waals surface area (Å²) in [7, 11) is 0. The summed E-state index contributed by atoms with van der Waals surface area (Å²) in [5, 5.41) is 0. The second kappa shape index (κ2) is 1.91. The second-order valence-electron chi connectivity index (χ2n) is 4.12. The third kappa shape index (κ3) is 0.632. The topological polar surface area (TPSA) is 26.0 Å². The van der Waals surface area contributed by atoms with Gasteiger partial charge in [0, 0.05) is 11.5 Å². The summed E-state index contributed by atoms with van der Waals surface area (Å²) in [6.45, 7) is 0. The lowest BCUT2D eigenvalue weighted by Gasteiger charge is -2.08. The van der Waals surface area contributed by atoms with Crippen LogP contribution in [0.4, 0.5) is 0 Å². The van der Waals surface area contributed by atoms with E-state index in [1.54, 1.807) is 0 Å². The minimum Gasteiger partial charge on any atom is -0.327 e. The lowest BCUT2D eigenvalue weighted by molar-refractivity contribution is 0.651. The average molecular weight is 159 g/mol. The number of rotatable bonds is 0. The number of benzene rings is 1. The van der Waals surface area contributed by atoms with Crippen molar-refractivity contribution in [2.75, 3.05) is 0 Å². The Hall–Kier alpha value is -0.820. The molecule has 2 aliphatic rings. The molecular formula is C11H13N. The zero-order valence-electron chi connectivity index (χ0n) is 7.09. The zero-order valence-corrected chi connectivity index (χ0v) is 7.09. The SMILES string of the molecule is N[C@@H]1C[C@@]12CCc1ccccc12. The van der Waals surface area contributed by atoms with Crippen LogP contribution in [-0.2, 0) is 11.8 Å². The molecule has 1 fully saturated rings. The van der Waals surface area contributed by atoms with Crippen LogP contribution in [0.5, 0.6) is 0 Å². The molecule has 1 aromatic rings. The predicted octanol–water partition coefficient (Wildman–Crippen LogP) is 1.60. The fourth-order valence-corrected chi connectivity index (χ4v) is 2.65. The van der Waals surface area contributed by atoms with Crippen LogP contribution in [0.1, 0.15) is 24.0 Å². The smallest absolute Gasteiger partial charge is 0.0146 e. The van der Waals surface area contributed by atoms with E-state index in [1.807, 2.05) is 0 Å². The average Bonchev–Trinajstić information content (AvgIpc) is 2.58. The number of hydrogen-bond donors (Lipinski definition) is 1. The van der Waals surface area contributed by atoms with E-state index in [9.17, 15) is 0 Å². The van der Waals surface area contributed by atoms with E-state index >= 15 is 0 Å². The van der Waals surface area contributed by atoms with Crippen LogP contribution in [0.15, 0.2) is 24.3 Å². The molecule has 62 valence electrons. The summed E-state index contributed by atoms with van der Waals surface area (Å²) in [4.78, 5) is 0. The van der Waals surface area contributed by atoms with Gasteiger partial charge in [-0.3, -0.25) is 0 Å². The molecule has 0 bridgehead atoms. The first-order valence-corrected chi connectivity index (χ1v) is 4.67. The number of fused-ring (bicyclic) bond motifs is 2. The van der Waals surface area contributed by atoms with Crippen LogP contribution >= 0.6 is 0 Å². The van der Waals surface area contributed by atoms with Crippen LogP contribution in [-0.4, -0.2) is 6.04 Å². The van der Waals surface area contributed by atoms with Gasteiger partial charge >= 0.3 is 0 Å². The Kier molecular flexibility index (Phi) is 1.06. The summed E-state index contributed by atoms with van der Waals surface area (Å²) in [6, 6.07) is 9.22. The Labute approximate surface area is 72.6 Å². The molecule has 1 nitrogen and oxygen atoms in total. The van der Waals surface area contributed by atoms with Crippen LogP contribution in [0.2, 0.25) is 0 Å². The van der Waals surface area contributed by atoms with E-state index in [-0.39, 0.29) is 0 Å². The Balaban J connectivity index is 2.15. The first-order valence-electron chi connectivity index (χ1n) is 4.67. The highest BCUT2D eigenvalue weighted by atomic mass is 14.8. The number of aryl methyl sites for hydroxylation is 1. The van der Waals surface area contributed by atoms with Crippen molar-refractivity contribution in [3.05, 3.63) is 35.4 Å². The van der Waals surface area contributed by atoms with Gasteiger partial charge in [-0.05, 0) is 30.4 Å². The largest absolute Gasteiger partial charge is 0.327 e. The van der Waals surface area contributed by atoms with Crippen LogP contribution in [0, 0.1) is 0 Å². The van der Waals surface area contributed by atoms with Crippen LogP contribution in [0.25, 0.3) is 0 Å². The summed E-state index contributed by atoms with van der Waals surface area (Å²) in [5.74, 6) is 0. The van der Waals surface area contributed by atoms with Gasteiger partial charge in [-0.25, -0.2) is 0 Å². The van der Waals surface area contributed by atoms with Crippen molar-refractivity contribution in [1.29, 1.82) is 0 Å². The molecule has 3 rings (SSSR count). The van der Waals surface area contributed by atoms with Crippen LogP contribution in [0.3, 0.4) is 0 Å². The molecule has 0 amide bonds. The van der Waals surface area contributed by atoms with Crippen molar-refractivity contribution in [2.24, 2.45) is 5.73 Å². The van der Waals surface area contributed by atoms with Gasteiger partial charge in [0.25, 0.3) is 0 Å². The molecule has 0 aliphatic heterocycles. The molecule has 1 saturated carbocycles. The maximum atomic E-state index is 5.98. The molecule has 1 heteroatoms. The maximum absolute atomic E-state index is 5.98. The first kappa shape index (κ1) is 6.67. The van der Waals surface area contributed by atoms with Crippen molar-refractivity contribution in [2.45, 2.75) is 30.7 Å². The first-order chi connectivity index (χ1) is 5.83. The summed E-state index contributed by atoms with van der Waals surface area (Å²) < 4.78 is 0. The van der Waals surface area contributed by atoms with Gasteiger partial charge in [0.2, 0.25) is 0 Å². The quantitative estimate of drug-likeness (QED) is 0.611. The van der Waals surface area contributed by atoms with Gasteiger partial charge in [-0.2, -0.15) is 0 Å². The Morgan fingerprint density at radius 3 is 2.83 bits per heavy atom. The second-order valence-corrected chi connectivity index (χ2v) is 4.12. The van der Waals surface area contributed by atoms with E-state index in [0.717, 1.165) is 0 Å². The molecule has 2 atom stereocenters. The van der Waals surface area contributed by atoms with Crippen molar-refractivity contribution in [3.63, 3.8) is 0 Å². The minimum absolute atomic E-state index is 0.413. The molecular weight excluding hydrogens is 146 g/mol. The highest BCUT2D eigenvalue weighted by molar-refractivity contribution is 5.46. The molecule has 1 aromatic carbocycles. The van der Waals surface area contributed by atoms with Gasteiger partial charge < -0.3 is 5.73 Å². The minimum atomic E-state index is 0.413. The molecule has 0 aromatic heterocycles. The Bertz CT molecular complexity index is 332. The highest BCUT2D eigenvalue weighted by Gasteiger charge is 2.55. The number of nitrogens with two attached hydrogens (primary N) is 1. The van der Waals surface area contributed by atoms with E-state index in [2.05, 4.69) is 24.3 Å². The van der Waals surface area contributed by atoms with Gasteiger partial charge in [-0.1, -0.05) is 24.3 Å². The molecule has 0 radical (unpaired) electrons. The van der Waals surface area contributed by atoms with Crippen LogP contribution < -0.4 is 5.73 Å². The standard InChI is InChI=1S/C11H13N/c12-10-7-11(10)6-5-8-3-1-2-4-9(8)11/h1-4,10H,5-7,12H2/t10-,11-/m1/s1. The van der Waals surface area contributed by atoms with Gasteiger partial charge in [-0.15, -0.1) is 0 Å². The predicted molar refractivity (Wildman–Crippen MR) is 49.0 cm³/mol. The van der Waals surface area contributed by atoms with Crippen molar-refractivity contribution >= 4 is 0 Å². The van der Waals surface area contributed by atoms with E-state index in [4.69, 9.17) is 5.73 Å².